The lowest BCUT2D eigenvalue weighted by molar-refractivity contribution is 0.0997. The van der Waals surface area contributed by atoms with E-state index in [0.717, 1.165) is 0 Å². The minimum Gasteiger partial charge on any atom is -0.507 e. The van der Waals surface area contributed by atoms with E-state index in [-0.39, 0.29) is 28.4 Å². The van der Waals surface area contributed by atoms with Gasteiger partial charge in [0.25, 0.3) is 5.91 Å². The predicted molar refractivity (Wildman–Crippen MR) is 103 cm³/mol. The van der Waals surface area contributed by atoms with E-state index in [9.17, 15) is 14.7 Å². The highest BCUT2D eigenvalue weighted by Crippen LogP contribution is 2.31. The summed E-state index contributed by atoms with van der Waals surface area (Å²) in [4.78, 5) is 35.6. The van der Waals surface area contributed by atoms with Gasteiger partial charge in [-0.05, 0) is 30.3 Å². The van der Waals surface area contributed by atoms with E-state index >= 15 is 0 Å². The maximum absolute atomic E-state index is 12.5. The third-order valence-corrected chi connectivity index (χ3v) is 4.48. The molecule has 0 saturated heterocycles. The molecule has 2 aromatic heterocycles. The van der Waals surface area contributed by atoms with Crippen molar-refractivity contribution < 1.29 is 9.90 Å². The second-order valence-corrected chi connectivity index (χ2v) is 6.64. The number of aromatic amines is 1. The Morgan fingerprint density at radius 2 is 1.89 bits per heavy atom. The standard InChI is InChI=1S/C18H12BrN5O3/c19-9-6-7-12(25)11(8-9)16-21-13(15(20)26)14-17(23-16)24(18(27)22-14)10-4-2-1-3-5-10/h1-8,25H,(H2,20,26)(H,22,27). The van der Waals surface area contributed by atoms with Crippen LogP contribution in [-0.2, 0) is 0 Å². The quantitative estimate of drug-likeness (QED) is 0.464. The summed E-state index contributed by atoms with van der Waals surface area (Å²) in [5.41, 5.74) is 6.01. The van der Waals surface area contributed by atoms with E-state index in [1.54, 1.807) is 36.4 Å². The smallest absolute Gasteiger partial charge is 0.332 e. The molecule has 0 aliphatic carbocycles. The van der Waals surface area contributed by atoms with Gasteiger partial charge < -0.3 is 15.8 Å². The molecular weight excluding hydrogens is 414 g/mol. The molecule has 4 aromatic rings. The lowest BCUT2D eigenvalue weighted by Crippen LogP contribution is -2.15. The zero-order valence-electron chi connectivity index (χ0n) is 13.7. The minimum atomic E-state index is -0.820. The monoisotopic (exact) mass is 425 g/mol. The molecule has 0 fully saturated rings. The van der Waals surface area contributed by atoms with Crippen LogP contribution in [0.1, 0.15) is 10.5 Å². The first-order valence-corrected chi connectivity index (χ1v) is 8.62. The van der Waals surface area contributed by atoms with Crippen LogP contribution in [0.15, 0.2) is 57.8 Å². The van der Waals surface area contributed by atoms with Gasteiger partial charge in [0.1, 0.15) is 11.3 Å². The summed E-state index contributed by atoms with van der Waals surface area (Å²) in [7, 11) is 0. The van der Waals surface area contributed by atoms with E-state index < -0.39 is 11.6 Å². The Balaban J connectivity index is 2.10. The topological polar surface area (TPSA) is 127 Å². The molecule has 0 unspecified atom stereocenters. The maximum atomic E-state index is 12.5. The van der Waals surface area contributed by atoms with Crippen molar-refractivity contribution in [2.75, 3.05) is 0 Å². The average Bonchev–Trinajstić information content (AvgIpc) is 2.99. The third kappa shape index (κ3) is 2.87. The van der Waals surface area contributed by atoms with Crippen LogP contribution in [-0.4, -0.2) is 30.5 Å². The fourth-order valence-corrected chi connectivity index (χ4v) is 3.15. The van der Waals surface area contributed by atoms with Crippen LogP contribution in [0.5, 0.6) is 5.75 Å². The molecule has 8 nitrogen and oxygen atoms in total. The number of H-pyrrole nitrogens is 1. The number of fused-ring (bicyclic) bond motifs is 1. The second-order valence-electron chi connectivity index (χ2n) is 5.72. The highest BCUT2D eigenvalue weighted by atomic mass is 79.9. The fraction of sp³-hybridized carbons (Fsp3) is 0. The first-order valence-electron chi connectivity index (χ1n) is 7.82. The summed E-state index contributed by atoms with van der Waals surface area (Å²) in [6.45, 7) is 0. The molecule has 0 bridgehead atoms. The van der Waals surface area contributed by atoms with Gasteiger partial charge in [-0.2, -0.15) is 0 Å². The van der Waals surface area contributed by atoms with Crippen LogP contribution in [0.3, 0.4) is 0 Å². The molecular formula is C18H12BrN5O3. The Morgan fingerprint density at radius 1 is 1.15 bits per heavy atom. The van der Waals surface area contributed by atoms with Crippen LogP contribution in [0.25, 0.3) is 28.2 Å². The number of phenols is 1. The molecule has 9 heteroatoms. The fourth-order valence-electron chi connectivity index (χ4n) is 2.79. The van der Waals surface area contributed by atoms with Gasteiger partial charge in [-0.3, -0.25) is 4.79 Å². The zero-order valence-corrected chi connectivity index (χ0v) is 15.3. The number of nitrogens with one attached hydrogen (secondary N) is 1. The van der Waals surface area contributed by atoms with Crippen molar-refractivity contribution >= 4 is 33.0 Å². The number of carbonyl (C=O) groups is 1. The Hall–Kier alpha value is -3.46. The molecule has 0 saturated carbocycles. The SMILES string of the molecule is NC(=O)c1nc(-c2cc(Br)ccc2O)nc2c1[nH]c(=O)n2-c1ccccc1. The van der Waals surface area contributed by atoms with E-state index in [2.05, 4.69) is 30.9 Å². The molecule has 0 aliphatic heterocycles. The van der Waals surface area contributed by atoms with Crippen LogP contribution in [0.4, 0.5) is 0 Å². The molecule has 134 valence electrons. The van der Waals surface area contributed by atoms with Gasteiger partial charge in [0, 0.05) is 4.47 Å². The third-order valence-electron chi connectivity index (χ3n) is 3.98. The number of phenolic OH excluding ortho intramolecular Hbond substituents is 1. The van der Waals surface area contributed by atoms with Crippen molar-refractivity contribution in [1.82, 2.24) is 19.5 Å². The molecule has 27 heavy (non-hydrogen) atoms. The van der Waals surface area contributed by atoms with Gasteiger partial charge in [-0.15, -0.1) is 0 Å². The summed E-state index contributed by atoms with van der Waals surface area (Å²) in [5.74, 6) is -0.824. The number of benzene rings is 2. The molecule has 2 heterocycles. The minimum absolute atomic E-state index is 0.0683. The number of rotatable bonds is 3. The number of aromatic hydroxyl groups is 1. The Morgan fingerprint density at radius 3 is 2.59 bits per heavy atom. The zero-order chi connectivity index (χ0) is 19.1. The number of nitrogens with zero attached hydrogens (tertiary/aromatic N) is 3. The normalized spacial score (nSPS) is 11.0. The van der Waals surface area contributed by atoms with Crippen molar-refractivity contribution in [3.8, 4) is 22.8 Å². The largest absolute Gasteiger partial charge is 0.507 e. The van der Waals surface area contributed by atoms with Gasteiger partial charge in [-0.25, -0.2) is 19.3 Å². The first-order chi connectivity index (χ1) is 13.0. The van der Waals surface area contributed by atoms with Crippen LogP contribution < -0.4 is 11.4 Å². The molecule has 0 spiro atoms. The highest BCUT2D eigenvalue weighted by molar-refractivity contribution is 9.10. The maximum Gasteiger partial charge on any atom is 0.332 e. The summed E-state index contributed by atoms with van der Waals surface area (Å²) in [6, 6.07) is 13.6. The molecule has 4 rings (SSSR count). The van der Waals surface area contributed by atoms with Crippen molar-refractivity contribution in [3.63, 3.8) is 0 Å². The van der Waals surface area contributed by atoms with Crippen molar-refractivity contribution in [1.29, 1.82) is 0 Å². The predicted octanol–water partition coefficient (Wildman–Crippen LogP) is 2.34. The first kappa shape index (κ1) is 17.0. The summed E-state index contributed by atoms with van der Waals surface area (Å²) >= 11 is 3.33. The Kier molecular flexibility index (Phi) is 4.00. The number of hydrogen-bond acceptors (Lipinski definition) is 5. The van der Waals surface area contributed by atoms with Crippen LogP contribution >= 0.6 is 15.9 Å². The molecule has 2 aromatic carbocycles. The number of aromatic nitrogens is 4. The lowest BCUT2D eigenvalue weighted by Gasteiger charge is -2.08. The Bertz CT molecular complexity index is 1250. The summed E-state index contributed by atoms with van der Waals surface area (Å²) < 4.78 is 2.01. The number of primary amides is 1. The van der Waals surface area contributed by atoms with Gasteiger partial charge in [0.05, 0.1) is 11.3 Å². The number of amides is 1. The summed E-state index contributed by atoms with van der Waals surface area (Å²) in [5, 5.41) is 10.2. The number of hydrogen-bond donors (Lipinski definition) is 3. The molecule has 1 amide bonds. The number of imidazole rings is 1. The van der Waals surface area contributed by atoms with E-state index in [1.165, 1.54) is 10.6 Å². The van der Waals surface area contributed by atoms with Crippen LogP contribution in [0, 0.1) is 0 Å². The number of halogens is 1. The highest BCUT2D eigenvalue weighted by Gasteiger charge is 2.21. The van der Waals surface area contributed by atoms with Crippen molar-refractivity contribution in [2.24, 2.45) is 5.73 Å². The molecule has 0 atom stereocenters. The second kappa shape index (κ2) is 6.36. The van der Waals surface area contributed by atoms with E-state index in [0.29, 0.717) is 15.7 Å². The molecule has 0 aliphatic rings. The van der Waals surface area contributed by atoms with Gasteiger partial charge in [-0.1, -0.05) is 34.1 Å². The van der Waals surface area contributed by atoms with Gasteiger partial charge in [0.2, 0.25) is 0 Å². The number of para-hydroxylation sites is 1. The molecule has 0 radical (unpaired) electrons. The van der Waals surface area contributed by atoms with E-state index in [1.807, 2.05) is 6.07 Å². The van der Waals surface area contributed by atoms with Crippen molar-refractivity contribution in [2.45, 2.75) is 0 Å². The summed E-state index contributed by atoms with van der Waals surface area (Å²) in [6.07, 6.45) is 0. The van der Waals surface area contributed by atoms with Crippen LogP contribution in [0.2, 0.25) is 0 Å². The number of nitrogens with two attached hydrogens (primary N) is 1. The number of carbonyl (C=O) groups excluding carboxylic acids is 1. The average molecular weight is 426 g/mol. The van der Waals surface area contributed by atoms with Gasteiger partial charge >= 0.3 is 5.69 Å². The lowest BCUT2D eigenvalue weighted by atomic mass is 10.2. The van der Waals surface area contributed by atoms with Crippen molar-refractivity contribution in [3.05, 3.63) is 69.2 Å². The van der Waals surface area contributed by atoms with E-state index in [4.69, 9.17) is 5.73 Å². The Labute approximate surface area is 160 Å². The van der Waals surface area contributed by atoms with Gasteiger partial charge in [0.15, 0.2) is 17.2 Å². The molecule has 4 N–H and O–H groups in total.